The molecule has 1 unspecified atom stereocenters. The quantitative estimate of drug-likeness (QED) is 0.936. The van der Waals surface area contributed by atoms with E-state index in [4.69, 9.17) is 4.74 Å². The van der Waals surface area contributed by atoms with Gasteiger partial charge in [0, 0.05) is 25.1 Å². The highest BCUT2D eigenvalue weighted by Crippen LogP contribution is 2.20. The van der Waals surface area contributed by atoms with E-state index in [1.165, 1.54) is 18.3 Å². The van der Waals surface area contributed by atoms with Gasteiger partial charge in [0.2, 0.25) is 0 Å². The zero-order valence-electron chi connectivity index (χ0n) is 12.0. The van der Waals surface area contributed by atoms with E-state index in [-0.39, 0.29) is 17.6 Å². The Morgan fingerprint density at radius 2 is 2.41 bits per heavy atom. The van der Waals surface area contributed by atoms with Crippen molar-refractivity contribution in [2.75, 3.05) is 19.7 Å². The van der Waals surface area contributed by atoms with Crippen molar-refractivity contribution in [2.45, 2.75) is 12.8 Å². The number of piperidine rings is 1. The molecule has 0 bridgehead atoms. The Morgan fingerprint density at radius 3 is 3.18 bits per heavy atom. The molecule has 2 heterocycles. The molecule has 0 aliphatic carbocycles. The third-order valence-corrected chi connectivity index (χ3v) is 3.72. The number of benzene rings is 1. The normalized spacial score (nSPS) is 18.2. The highest BCUT2D eigenvalue weighted by Gasteiger charge is 2.26. The van der Waals surface area contributed by atoms with E-state index in [2.05, 4.69) is 15.4 Å². The van der Waals surface area contributed by atoms with Gasteiger partial charge in [-0.3, -0.25) is 4.79 Å². The van der Waals surface area contributed by atoms with Gasteiger partial charge in [-0.2, -0.15) is 15.4 Å². The topological polar surface area (TPSA) is 71.1 Å². The van der Waals surface area contributed by atoms with Crippen molar-refractivity contribution in [3.63, 3.8) is 0 Å². The molecular formula is C15H17FN4O2. The predicted molar refractivity (Wildman–Crippen MR) is 76.9 cm³/mol. The first kappa shape index (κ1) is 14.5. The van der Waals surface area contributed by atoms with E-state index in [1.807, 2.05) is 0 Å². The van der Waals surface area contributed by atoms with E-state index < -0.39 is 0 Å². The van der Waals surface area contributed by atoms with Crippen molar-refractivity contribution in [1.29, 1.82) is 0 Å². The second-order valence-electron chi connectivity index (χ2n) is 5.38. The van der Waals surface area contributed by atoms with Gasteiger partial charge < -0.3 is 9.64 Å². The molecule has 0 saturated carbocycles. The van der Waals surface area contributed by atoms with Crippen molar-refractivity contribution in [2.24, 2.45) is 5.92 Å². The maximum Gasteiger partial charge on any atom is 0.276 e. The second kappa shape index (κ2) is 6.55. The minimum atomic E-state index is -0.316. The molecule has 1 aromatic heterocycles. The van der Waals surface area contributed by atoms with E-state index in [1.54, 1.807) is 17.0 Å². The lowest BCUT2D eigenvalue weighted by Gasteiger charge is -2.32. The summed E-state index contributed by atoms with van der Waals surface area (Å²) in [4.78, 5) is 14.0. The van der Waals surface area contributed by atoms with Gasteiger partial charge in [0.25, 0.3) is 5.91 Å². The van der Waals surface area contributed by atoms with Gasteiger partial charge >= 0.3 is 0 Å². The number of nitrogens with zero attached hydrogens (tertiary/aromatic N) is 3. The monoisotopic (exact) mass is 304 g/mol. The maximum atomic E-state index is 13.1. The fraction of sp³-hybridized carbons (Fsp3) is 0.400. The Labute approximate surface area is 127 Å². The van der Waals surface area contributed by atoms with Crippen LogP contribution in [0.25, 0.3) is 0 Å². The molecule has 6 nitrogen and oxygen atoms in total. The summed E-state index contributed by atoms with van der Waals surface area (Å²) >= 11 is 0. The second-order valence-corrected chi connectivity index (χ2v) is 5.38. The zero-order valence-corrected chi connectivity index (χ0v) is 12.0. The number of carbonyl (C=O) groups is 1. The van der Waals surface area contributed by atoms with Crippen LogP contribution < -0.4 is 4.74 Å². The summed E-state index contributed by atoms with van der Waals surface area (Å²) in [5.41, 5.74) is 0.326. The highest BCUT2D eigenvalue weighted by molar-refractivity contribution is 5.91. The van der Waals surface area contributed by atoms with Gasteiger partial charge in [0.15, 0.2) is 5.69 Å². The van der Waals surface area contributed by atoms with E-state index in [9.17, 15) is 9.18 Å². The lowest BCUT2D eigenvalue weighted by molar-refractivity contribution is 0.0627. The van der Waals surface area contributed by atoms with Gasteiger partial charge in [-0.25, -0.2) is 4.39 Å². The van der Waals surface area contributed by atoms with Gasteiger partial charge in [0.1, 0.15) is 11.6 Å². The largest absolute Gasteiger partial charge is 0.493 e. The third kappa shape index (κ3) is 3.41. The average molecular weight is 304 g/mol. The fourth-order valence-corrected chi connectivity index (χ4v) is 2.62. The molecule has 0 spiro atoms. The molecule has 3 rings (SSSR count). The van der Waals surface area contributed by atoms with Crippen LogP contribution in [0, 0.1) is 11.7 Å². The number of hydrogen-bond donors (Lipinski definition) is 1. The summed E-state index contributed by atoms with van der Waals surface area (Å²) in [5.74, 6) is 0.306. The first-order valence-corrected chi connectivity index (χ1v) is 7.26. The number of amides is 1. The Hall–Kier alpha value is -2.44. The van der Waals surface area contributed by atoms with Crippen LogP contribution in [0.4, 0.5) is 4.39 Å². The molecule has 1 saturated heterocycles. The van der Waals surface area contributed by atoms with Gasteiger partial charge in [-0.1, -0.05) is 6.07 Å². The summed E-state index contributed by atoms with van der Waals surface area (Å²) in [6, 6.07) is 6.09. The maximum absolute atomic E-state index is 13.1. The molecule has 1 aliphatic rings. The van der Waals surface area contributed by atoms with Crippen LogP contribution in [0.15, 0.2) is 30.5 Å². The summed E-state index contributed by atoms with van der Waals surface area (Å²) in [6.45, 7) is 1.79. The van der Waals surface area contributed by atoms with Crippen molar-refractivity contribution in [1.82, 2.24) is 20.3 Å². The number of aromatic nitrogens is 3. The smallest absolute Gasteiger partial charge is 0.276 e. The number of rotatable bonds is 4. The Kier molecular flexibility index (Phi) is 4.32. The van der Waals surface area contributed by atoms with Crippen LogP contribution in [-0.2, 0) is 0 Å². The van der Waals surface area contributed by atoms with Crippen LogP contribution in [0.3, 0.4) is 0 Å². The van der Waals surface area contributed by atoms with E-state index in [0.717, 1.165) is 12.8 Å². The van der Waals surface area contributed by atoms with Crippen LogP contribution in [0.1, 0.15) is 23.3 Å². The van der Waals surface area contributed by atoms with Crippen molar-refractivity contribution in [3.8, 4) is 5.75 Å². The number of nitrogens with one attached hydrogen (secondary N) is 1. The lowest BCUT2D eigenvalue weighted by atomic mass is 9.98. The molecule has 7 heteroatoms. The minimum Gasteiger partial charge on any atom is -0.493 e. The number of H-pyrrole nitrogens is 1. The van der Waals surface area contributed by atoms with Crippen molar-refractivity contribution < 1.29 is 13.9 Å². The summed E-state index contributed by atoms with van der Waals surface area (Å²) in [7, 11) is 0. The molecule has 1 fully saturated rings. The molecule has 1 atom stereocenters. The van der Waals surface area contributed by atoms with Crippen LogP contribution in [0.2, 0.25) is 0 Å². The average Bonchev–Trinajstić information content (AvgIpc) is 3.07. The molecule has 1 amide bonds. The molecule has 2 aromatic rings. The number of halogens is 1. The Balaban J connectivity index is 1.55. The standard InChI is InChI=1S/C15H17FN4O2/c16-12-4-1-5-13(7-12)22-10-11-3-2-6-20(9-11)15(21)14-8-17-19-18-14/h1,4-5,7-8,11H,2-3,6,9-10H2,(H,17,18,19). The van der Waals surface area contributed by atoms with Crippen LogP contribution >= 0.6 is 0 Å². The Bertz CT molecular complexity index is 632. The van der Waals surface area contributed by atoms with E-state index >= 15 is 0 Å². The molecule has 116 valence electrons. The highest BCUT2D eigenvalue weighted by atomic mass is 19.1. The van der Waals surface area contributed by atoms with Crippen LogP contribution in [-0.4, -0.2) is 45.9 Å². The summed E-state index contributed by atoms with van der Waals surface area (Å²) < 4.78 is 18.7. The van der Waals surface area contributed by atoms with Gasteiger partial charge in [0.05, 0.1) is 12.8 Å². The number of aromatic amines is 1. The zero-order chi connectivity index (χ0) is 15.4. The fourth-order valence-electron chi connectivity index (χ4n) is 2.62. The molecule has 22 heavy (non-hydrogen) atoms. The van der Waals surface area contributed by atoms with Crippen LogP contribution in [0.5, 0.6) is 5.75 Å². The first-order valence-electron chi connectivity index (χ1n) is 7.26. The first-order chi connectivity index (χ1) is 10.7. The Morgan fingerprint density at radius 1 is 1.50 bits per heavy atom. The lowest BCUT2D eigenvalue weighted by Crippen LogP contribution is -2.41. The SMILES string of the molecule is O=C(c1cn[nH]n1)N1CCCC(COc2cccc(F)c2)C1. The predicted octanol–water partition coefficient (Wildman–Crippen LogP) is 1.88. The molecule has 1 N–H and O–H groups in total. The molecule has 0 radical (unpaired) electrons. The van der Waals surface area contributed by atoms with Gasteiger partial charge in [-0.15, -0.1) is 0 Å². The summed E-state index contributed by atoms with van der Waals surface area (Å²) in [5, 5.41) is 9.92. The number of hydrogen-bond acceptors (Lipinski definition) is 4. The van der Waals surface area contributed by atoms with Crippen molar-refractivity contribution in [3.05, 3.63) is 42.0 Å². The molecular weight excluding hydrogens is 287 g/mol. The number of ether oxygens (including phenoxy) is 1. The summed E-state index contributed by atoms with van der Waals surface area (Å²) in [6.07, 6.45) is 3.33. The van der Waals surface area contributed by atoms with Gasteiger partial charge in [-0.05, 0) is 25.0 Å². The van der Waals surface area contributed by atoms with Crippen molar-refractivity contribution >= 4 is 5.91 Å². The molecule has 1 aromatic carbocycles. The van der Waals surface area contributed by atoms with E-state index in [0.29, 0.717) is 31.1 Å². The minimum absolute atomic E-state index is 0.121. The number of likely N-dealkylation sites (tertiary alicyclic amines) is 1. The third-order valence-electron chi connectivity index (χ3n) is 3.72. The number of carbonyl (C=O) groups excluding carboxylic acids is 1. The molecule has 1 aliphatic heterocycles.